The van der Waals surface area contributed by atoms with E-state index >= 15 is 0 Å². The summed E-state index contributed by atoms with van der Waals surface area (Å²) in [4.78, 5) is 17.5. The molecule has 6 heteroatoms. The molecule has 3 rings (SSSR count). The largest absolute Gasteiger partial charge is 0.322 e. The summed E-state index contributed by atoms with van der Waals surface area (Å²) in [5.41, 5.74) is 2.99. The molecule has 0 fully saturated rings. The first-order valence-electron chi connectivity index (χ1n) is 5.33. The number of pyridine rings is 1. The van der Waals surface area contributed by atoms with Gasteiger partial charge in [-0.1, -0.05) is 0 Å². The summed E-state index contributed by atoms with van der Waals surface area (Å²) in [7, 11) is 0. The fraction of sp³-hybridized carbons (Fsp3) is 0. The maximum absolute atomic E-state index is 11.8. The molecule has 0 saturated heterocycles. The number of hydrogen-bond acceptors (Lipinski definition) is 4. The van der Waals surface area contributed by atoms with Crippen molar-refractivity contribution in [1.29, 1.82) is 0 Å². The van der Waals surface area contributed by atoms with Crippen LogP contribution in [0, 0.1) is 0 Å². The zero-order valence-electron chi connectivity index (χ0n) is 9.33. The van der Waals surface area contributed by atoms with Crippen LogP contribution >= 0.6 is 11.3 Å². The molecule has 3 N–H and O–H groups in total. The van der Waals surface area contributed by atoms with Crippen molar-refractivity contribution in [1.82, 2.24) is 15.0 Å². The second-order valence-corrected chi connectivity index (χ2v) is 4.70. The van der Waals surface area contributed by atoms with E-state index in [1.54, 1.807) is 6.20 Å². The van der Waals surface area contributed by atoms with Gasteiger partial charge in [-0.05, 0) is 24.3 Å². The molecule has 0 unspecified atom stereocenters. The Bertz CT molecular complexity index is 702. The Labute approximate surface area is 107 Å². The van der Waals surface area contributed by atoms with E-state index in [0.29, 0.717) is 4.88 Å². The predicted octanol–water partition coefficient (Wildman–Crippen LogP) is 1.69. The molecule has 0 aliphatic carbocycles. The second kappa shape index (κ2) is 4.25. The van der Waals surface area contributed by atoms with Gasteiger partial charge >= 0.3 is 0 Å². The summed E-state index contributed by atoms with van der Waals surface area (Å²) in [5, 5.41) is 0.942. The predicted molar refractivity (Wildman–Crippen MR) is 70.6 cm³/mol. The number of nitrogen functional groups attached to an aromatic ring is 1. The van der Waals surface area contributed by atoms with Gasteiger partial charge in [-0.2, -0.15) is 0 Å². The summed E-state index contributed by atoms with van der Waals surface area (Å²) in [5.74, 6) is 4.92. The molecule has 18 heavy (non-hydrogen) atoms. The number of nitrogens with zero attached hydrogens (tertiary/aromatic N) is 2. The first-order chi connectivity index (χ1) is 8.81. The van der Waals surface area contributed by atoms with Crippen LogP contribution in [0.1, 0.15) is 9.67 Å². The van der Waals surface area contributed by atoms with E-state index in [-0.39, 0.29) is 5.91 Å². The zero-order valence-corrected chi connectivity index (χ0v) is 10.1. The SMILES string of the molecule is NNC(=O)c1sc2ncccc2c1-n1cccc1. The normalized spacial score (nSPS) is 10.7. The molecule has 0 aliphatic rings. The number of nitrogens with two attached hydrogens (primary N) is 1. The van der Waals surface area contributed by atoms with Crippen LogP contribution in [0.3, 0.4) is 0 Å². The highest BCUT2D eigenvalue weighted by Gasteiger charge is 2.19. The minimum Gasteiger partial charge on any atom is -0.322 e. The molecule has 0 saturated carbocycles. The van der Waals surface area contributed by atoms with Crippen LogP contribution in [-0.4, -0.2) is 15.5 Å². The van der Waals surface area contributed by atoms with Gasteiger partial charge in [0.05, 0.1) is 5.69 Å². The average Bonchev–Trinajstić information content (AvgIpc) is 3.03. The van der Waals surface area contributed by atoms with Gasteiger partial charge in [0.15, 0.2) is 0 Å². The van der Waals surface area contributed by atoms with Gasteiger partial charge in [0.2, 0.25) is 0 Å². The van der Waals surface area contributed by atoms with Crippen molar-refractivity contribution in [2.24, 2.45) is 5.84 Å². The molecule has 0 radical (unpaired) electrons. The summed E-state index contributed by atoms with van der Waals surface area (Å²) in [6.07, 6.45) is 5.49. The molecule has 3 aromatic rings. The molecule has 3 heterocycles. The Kier molecular flexibility index (Phi) is 2.58. The Morgan fingerprint density at radius 1 is 1.33 bits per heavy atom. The number of fused-ring (bicyclic) bond motifs is 1. The van der Waals surface area contributed by atoms with Crippen molar-refractivity contribution >= 4 is 27.5 Å². The van der Waals surface area contributed by atoms with Crippen LogP contribution < -0.4 is 11.3 Å². The van der Waals surface area contributed by atoms with Crippen molar-refractivity contribution in [3.05, 3.63) is 47.7 Å². The number of aromatic nitrogens is 2. The third kappa shape index (κ3) is 1.59. The number of amides is 1. The Morgan fingerprint density at radius 3 is 2.83 bits per heavy atom. The maximum Gasteiger partial charge on any atom is 0.277 e. The molecule has 3 aromatic heterocycles. The topological polar surface area (TPSA) is 72.9 Å². The summed E-state index contributed by atoms with van der Waals surface area (Å²) in [6.45, 7) is 0. The van der Waals surface area contributed by atoms with Gasteiger partial charge in [0.1, 0.15) is 9.71 Å². The van der Waals surface area contributed by atoms with E-state index in [2.05, 4.69) is 10.4 Å². The Hall–Kier alpha value is -2.18. The van der Waals surface area contributed by atoms with Crippen molar-refractivity contribution in [3.63, 3.8) is 0 Å². The number of carbonyl (C=O) groups excluding carboxylic acids is 1. The fourth-order valence-corrected chi connectivity index (χ4v) is 2.92. The van der Waals surface area contributed by atoms with E-state index in [1.165, 1.54) is 11.3 Å². The van der Waals surface area contributed by atoms with Crippen LogP contribution in [0.15, 0.2) is 42.9 Å². The Morgan fingerprint density at radius 2 is 2.11 bits per heavy atom. The number of carbonyl (C=O) groups is 1. The Balaban J connectivity index is 2.35. The number of hydrazine groups is 1. The van der Waals surface area contributed by atoms with E-state index in [4.69, 9.17) is 5.84 Å². The minimum atomic E-state index is -0.304. The number of rotatable bonds is 2. The molecular formula is C12H10N4OS. The third-order valence-electron chi connectivity index (χ3n) is 2.64. The second-order valence-electron chi connectivity index (χ2n) is 3.70. The molecular weight excluding hydrogens is 248 g/mol. The number of nitrogens with one attached hydrogen (secondary N) is 1. The average molecular weight is 258 g/mol. The van der Waals surface area contributed by atoms with Crippen molar-refractivity contribution in [3.8, 4) is 5.69 Å². The molecule has 1 amide bonds. The van der Waals surface area contributed by atoms with E-state index < -0.39 is 0 Å². The molecule has 0 aromatic carbocycles. The molecule has 0 aliphatic heterocycles. The van der Waals surface area contributed by atoms with Crippen LogP contribution in [0.2, 0.25) is 0 Å². The van der Waals surface area contributed by atoms with E-state index in [0.717, 1.165) is 15.9 Å². The van der Waals surface area contributed by atoms with E-state index in [9.17, 15) is 4.79 Å². The standard InChI is InChI=1S/C12H10N4OS/c13-15-11(17)10-9(16-6-1-2-7-16)8-4-3-5-14-12(8)18-10/h1-7H,13H2,(H,15,17). The molecule has 0 spiro atoms. The maximum atomic E-state index is 11.8. The van der Waals surface area contributed by atoms with Crippen molar-refractivity contribution in [2.45, 2.75) is 0 Å². The van der Waals surface area contributed by atoms with Crippen LogP contribution in [0.25, 0.3) is 15.9 Å². The van der Waals surface area contributed by atoms with Gasteiger partial charge in [0.25, 0.3) is 5.91 Å². The highest BCUT2D eigenvalue weighted by molar-refractivity contribution is 7.21. The van der Waals surface area contributed by atoms with Crippen molar-refractivity contribution in [2.75, 3.05) is 0 Å². The van der Waals surface area contributed by atoms with Crippen LogP contribution in [0.5, 0.6) is 0 Å². The first kappa shape index (κ1) is 10.9. The van der Waals surface area contributed by atoms with Crippen LogP contribution in [-0.2, 0) is 0 Å². The van der Waals surface area contributed by atoms with Gasteiger partial charge < -0.3 is 4.57 Å². The van der Waals surface area contributed by atoms with E-state index in [1.807, 2.05) is 41.2 Å². The van der Waals surface area contributed by atoms with Gasteiger partial charge in [-0.15, -0.1) is 11.3 Å². The number of hydrogen-bond donors (Lipinski definition) is 2. The monoisotopic (exact) mass is 258 g/mol. The highest BCUT2D eigenvalue weighted by Crippen LogP contribution is 2.32. The molecule has 90 valence electrons. The molecule has 5 nitrogen and oxygen atoms in total. The lowest BCUT2D eigenvalue weighted by Crippen LogP contribution is -2.30. The van der Waals surface area contributed by atoms with Gasteiger partial charge in [0, 0.05) is 24.0 Å². The fourth-order valence-electron chi connectivity index (χ4n) is 1.88. The third-order valence-corrected chi connectivity index (χ3v) is 3.74. The first-order valence-corrected chi connectivity index (χ1v) is 6.14. The summed E-state index contributed by atoms with van der Waals surface area (Å²) < 4.78 is 1.89. The highest BCUT2D eigenvalue weighted by atomic mass is 32.1. The zero-order chi connectivity index (χ0) is 12.5. The molecule has 0 atom stereocenters. The quantitative estimate of drug-likeness (QED) is 0.417. The smallest absolute Gasteiger partial charge is 0.277 e. The number of thiophene rings is 1. The lowest BCUT2D eigenvalue weighted by molar-refractivity contribution is 0.0958. The lowest BCUT2D eigenvalue weighted by atomic mass is 10.2. The minimum absolute atomic E-state index is 0.304. The summed E-state index contributed by atoms with van der Waals surface area (Å²) in [6, 6.07) is 7.61. The van der Waals surface area contributed by atoms with Crippen molar-refractivity contribution < 1.29 is 4.79 Å². The molecule has 0 bridgehead atoms. The van der Waals surface area contributed by atoms with Gasteiger partial charge in [-0.3, -0.25) is 10.2 Å². The lowest BCUT2D eigenvalue weighted by Gasteiger charge is -2.04. The van der Waals surface area contributed by atoms with Crippen LogP contribution in [0.4, 0.5) is 0 Å². The van der Waals surface area contributed by atoms with Gasteiger partial charge in [-0.25, -0.2) is 10.8 Å². The summed E-state index contributed by atoms with van der Waals surface area (Å²) >= 11 is 1.33.